The van der Waals surface area contributed by atoms with Crippen LogP contribution in [0.3, 0.4) is 0 Å². The topological polar surface area (TPSA) is 86.2 Å². The summed E-state index contributed by atoms with van der Waals surface area (Å²) in [4.78, 5) is 20.5. The van der Waals surface area contributed by atoms with Crippen LogP contribution in [0.25, 0.3) is 11.3 Å². The molecule has 0 aliphatic rings. The standard InChI is InChI=1S/C10H4ClFN2O4/c11-10(15)9-4-7(13-18-9)5-1-2-6(12)8(3-5)14(16)17/h1-4H. The number of nitro benzene ring substituents is 1. The molecule has 0 N–H and O–H groups in total. The van der Waals surface area contributed by atoms with Crippen LogP contribution in [0.2, 0.25) is 0 Å². The minimum Gasteiger partial charge on any atom is -0.351 e. The molecule has 0 saturated heterocycles. The van der Waals surface area contributed by atoms with Crippen molar-refractivity contribution in [2.24, 2.45) is 0 Å². The molecule has 0 amide bonds. The third-order valence-corrected chi connectivity index (χ3v) is 2.33. The molecule has 0 aliphatic heterocycles. The summed E-state index contributed by atoms with van der Waals surface area (Å²) in [6.07, 6.45) is 0. The molecule has 0 fully saturated rings. The molecule has 1 aromatic carbocycles. The summed E-state index contributed by atoms with van der Waals surface area (Å²) < 4.78 is 17.7. The van der Waals surface area contributed by atoms with Gasteiger partial charge in [0.25, 0.3) is 5.24 Å². The molecule has 18 heavy (non-hydrogen) atoms. The van der Waals surface area contributed by atoms with Crippen LogP contribution in [0, 0.1) is 15.9 Å². The van der Waals surface area contributed by atoms with Crippen molar-refractivity contribution in [2.45, 2.75) is 0 Å². The molecular weight excluding hydrogens is 267 g/mol. The summed E-state index contributed by atoms with van der Waals surface area (Å²) in [5.41, 5.74) is -0.285. The molecule has 0 atom stereocenters. The number of carbonyl (C=O) groups excluding carboxylic acids is 1. The highest BCUT2D eigenvalue weighted by Crippen LogP contribution is 2.26. The Balaban J connectivity index is 2.47. The van der Waals surface area contributed by atoms with E-state index < -0.39 is 21.7 Å². The molecule has 92 valence electrons. The molecular formula is C10H4ClFN2O4. The van der Waals surface area contributed by atoms with Crippen LogP contribution in [-0.2, 0) is 0 Å². The molecule has 0 radical (unpaired) electrons. The molecule has 0 bridgehead atoms. The van der Waals surface area contributed by atoms with Crippen LogP contribution in [0.5, 0.6) is 0 Å². The Morgan fingerprint density at radius 2 is 2.17 bits per heavy atom. The minimum atomic E-state index is -0.958. The summed E-state index contributed by atoms with van der Waals surface area (Å²) in [6.45, 7) is 0. The summed E-state index contributed by atoms with van der Waals surface area (Å²) in [5, 5.41) is 13.2. The lowest BCUT2D eigenvalue weighted by Gasteiger charge is -1.97. The van der Waals surface area contributed by atoms with Crippen LogP contribution in [0.4, 0.5) is 10.1 Å². The highest BCUT2D eigenvalue weighted by Gasteiger charge is 2.17. The second-order valence-electron chi connectivity index (χ2n) is 3.27. The number of hydrogen-bond acceptors (Lipinski definition) is 5. The first-order chi connectivity index (χ1) is 8.49. The molecule has 8 heteroatoms. The van der Waals surface area contributed by atoms with Crippen LogP contribution in [0.1, 0.15) is 10.6 Å². The van der Waals surface area contributed by atoms with Crippen LogP contribution < -0.4 is 0 Å². The van der Waals surface area contributed by atoms with Gasteiger partial charge in [0.2, 0.25) is 11.6 Å². The molecule has 0 aliphatic carbocycles. The Bertz CT molecular complexity index is 641. The number of carbonyl (C=O) groups is 1. The third kappa shape index (κ3) is 2.21. The van der Waals surface area contributed by atoms with Crippen LogP contribution >= 0.6 is 11.6 Å². The Hall–Kier alpha value is -2.28. The third-order valence-electron chi connectivity index (χ3n) is 2.14. The molecule has 0 spiro atoms. The number of benzene rings is 1. The lowest BCUT2D eigenvalue weighted by molar-refractivity contribution is -0.387. The van der Waals surface area contributed by atoms with Gasteiger partial charge in [-0.2, -0.15) is 4.39 Å². The van der Waals surface area contributed by atoms with Gasteiger partial charge in [0.15, 0.2) is 0 Å². The summed E-state index contributed by atoms with van der Waals surface area (Å²) in [6, 6.07) is 4.43. The van der Waals surface area contributed by atoms with Crippen molar-refractivity contribution in [2.75, 3.05) is 0 Å². The maximum atomic E-state index is 13.1. The zero-order valence-electron chi connectivity index (χ0n) is 8.59. The number of hydrogen-bond donors (Lipinski definition) is 0. The highest BCUT2D eigenvalue weighted by molar-refractivity contribution is 6.67. The fraction of sp³-hybridized carbons (Fsp3) is 0. The predicted octanol–water partition coefficient (Wildman–Crippen LogP) is 2.77. The van der Waals surface area contributed by atoms with E-state index in [9.17, 15) is 19.3 Å². The van der Waals surface area contributed by atoms with Gasteiger partial charge in [-0.1, -0.05) is 5.16 Å². The van der Waals surface area contributed by atoms with Gasteiger partial charge in [-0.3, -0.25) is 14.9 Å². The van der Waals surface area contributed by atoms with Crippen molar-refractivity contribution < 1.29 is 18.6 Å². The average Bonchev–Trinajstić information content (AvgIpc) is 2.78. The quantitative estimate of drug-likeness (QED) is 0.486. The first-order valence-corrected chi connectivity index (χ1v) is 4.97. The summed E-state index contributed by atoms with van der Waals surface area (Å²) in [5.74, 6) is -1.15. The first kappa shape index (κ1) is 12.2. The predicted molar refractivity (Wildman–Crippen MR) is 58.7 cm³/mol. The Labute approximate surface area is 104 Å². The monoisotopic (exact) mass is 270 g/mol. The highest BCUT2D eigenvalue weighted by atomic mass is 35.5. The molecule has 2 rings (SSSR count). The van der Waals surface area contributed by atoms with Gasteiger partial charge in [0.05, 0.1) is 4.92 Å². The van der Waals surface area contributed by atoms with Crippen LogP contribution in [-0.4, -0.2) is 15.3 Å². The zero-order valence-corrected chi connectivity index (χ0v) is 9.35. The van der Waals surface area contributed by atoms with Crippen molar-refractivity contribution in [1.29, 1.82) is 0 Å². The molecule has 2 aromatic rings. The van der Waals surface area contributed by atoms with E-state index in [0.717, 1.165) is 12.1 Å². The normalized spacial score (nSPS) is 10.3. The molecule has 0 unspecified atom stereocenters. The maximum Gasteiger partial charge on any atom is 0.305 e. The number of aromatic nitrogens is 1. The zero-order chi connectivity index (χ0) is 13.3. The fourth-order valence-corrected chi connectivity index (χ4v) is 1.40. The van der Waals surface area contributed by atoms with Gasteiger partial charge in [0.1, 0.15) is 5.69 Å². The number of halogens is 2. The Morgan fingerprint density at radius 3 is 2.72 bits per heavy atom. The van der Waals surface area contributed by atoms with Gasteiger partial charge in [-0.25, -0.2) is 0 Å². The van der Waals surface area contributed by atoms with Gasteiger partial charge in [-0.15, -0.1) is 0 Å². The molecule has 1 aromatic heterocycles. The molecule has 1 heterocycles. The van der Waals surface area contributed by atoms with Crippen molar-refractivity contribution in [3.8, 4) is 11.3 Å². The molecule has 6 nitrogen and oxygen atoms in total. The lowest BCUT2D eigenvalue weighted by atomic mass is 10.1. The second-order valence-corrected chi connectivity index (χ2v) is 3.62. The smallest absolute Gasteiger partial charge is 0.305 e. The SMILES string of the molecule is O=C(Cl)c1cc(-c2ccc(F)c([N+](=O)[O-])c2)no1. The van der Waals surface area contributed by atoms with Crippen LogP contribution in [0.15, 0.2) is 28.8 Å². The van der Waals surface area contributed by atoms with Gasteiger partial charge in [0, 0.05) is 17.7 Å². The van der Waals surface area contributed by atoms with E-state index in [1.165, 1.54) is 12.1 Å². The van der Waals surface area contributed by atoms with E-state index >= 15 is 0 Å². The summed E-state index contributed by atoms with van der Waals surface area (Å²) in [7, 11) is 0. The van der Waals surface area contributed by atoms with Crippen molar-refractivity contribution in [3.63, 3.8) is 0 Å². The van der Waals surface area contributed by atoms with E-state index in [4.69, 9.17) is 11.6 Å². The van der Waals surface area contributed by atoms with Crippen molar-refractivity contribution >= 4 is 22.5 Å². The summed E-state index contributed by atoms with van der Waals surface area (Å²) >= 11 is 5.17. The second kappa shape index (κ2) is 4.53. The van der Waals surface area contributed by atoms with E-state index in [-0.39, 0.29) is 17.0 Å². The van der Waals surface area contributed by atoms with Crippen molar-refractivity contribution in [3.05, 3.63) is 46.0 Å². The van der Waals surface area contributed by atoms with E-state index in [1.54, 1.807) is 0 Å². The largest absolute Gasteiger partial charge is 0.351 e. The van der Waals surface area contributed by atoms with E-state index in [1.807, 2.05) is 0 Å². The minimum absolute atomic E-state index is 0.155. The van der Waals surface area contributed by atoms with Gasteiger partial charge < -0.3 is 4.52 Å². The Kier molecular flexibility index (Phi) is 3.07. The number of nitro groups is 1. The average molecular weight is 271 g/mol. The number of nitrogens with zero attached hydrogens (tertiary/aromatic N) is 2. The van der Waals surface area contributed by atoms with E-state index in [2.05, 4.69) is 9.68 Å². The van der Waals surface area contributed by atoms with E-state index in [0.29, 0.717) is 0 Å². The lowest BCUT2D eigenvalue weighted by Crippen LogP contribution is -1.92. The number of rotatable bonds is 3. The maximum absolute atomic E-state index is 13.1. The van der Waals surface area contributed by atoms with Gasteiger partial charge in [-0.05, 0) is 23.7 Å². The van der Waals surface area contributed by atoms with Gasteiger partial charge >= 0.3 is 5.69 Å². The Morgan fingerprint density at radius 1 is 1.44 bits per heavy atom. The first-order valence-electron chi connectivity index (χ1n) is 4.60. The van der Waals surface area contributed by atoms with Crippen molar-refractivity contribution in [1.82, 2.24) is 5.16 Å². The fourth-order valence-electron chi connectivity index (χ4n) is 1.32. The molecule has 0 saturated carbocycles.